The lowest BCUT2D eigenvalue weighted by Gasteiger charge is -2.16. The van der Waals surface area contributed by atoms with E-state index in [4.69, 9.17) is 4.74 Å². The lowest BCUT2D eigenvalue weighted by molar-refractivity contribution is 0.0950. The summed E-state index contributed by atoms with van der Waals surface area (Å²) in [6, 6.07) is 16.8. The molecule has 0 spiro atoms. The first-order valence-electron chi connectivity index (χ1n) is 9.33. The Labute approximate surface area is 178 Å². The lowest BCUT2D eigenvalue weighted by Crippen LogP contribution is -2.27. The number of halogens is 1. The van der Waals surface area contributed by atoms with Gasteiger partial charge in [-0.05, 0) is 68.3 Å². The summed E-state index contributed by atoms with van der Waals surface area (Å²) in [6.07, 6.45) is -0.157. The van der Waals surface area contributed by atoms with Crippen molar-refractivity contribution in [3.63, 3.8) is 0 Å². The Kier molecular flexibility index (Phi) is 6.54. The second-order valence-corrected chi connectivity index (χ2v) is 7.88. The fourth-order valence-electron chi connectivity index (χ4n) is 3.09. The summed E-state index contributed by atoms with van der Waals surface area (Å²) in [5.74, 6) is 0.545. The summed E-state index contributed by atoms with van der Waals surface area (Å²) < 4.78 is 6.91. The Morgan fingerprint density at radius 3 is 2.52 bits per heavy atom. The van der Waals surface area contributed by atoms with Crippen molar-refractivity contribution >= 4 is 21.8 Å². The molecule has 0 saturated heterocycles. The highest BCUT2D eigenvalue weighted by Crippen LogP contribution is 2.24. The molecule has 0 aliphatic carbocycles. The molecule has 0 aliphatic rings. The number of benzene rings is 2. The zero-order valence-electron chi connectivity index (χ0n) is 16.6. The number of carbonyl (C=O) groups is 1. The third-order valence-corrected chi connectivity index (χ3v) is 5.16. The van der Waals surface area contributed by atoms with Gasteiger partial charge >= 0.3 is 0 Å². The molecule has 5 nitrogen and oxygen atoms in total. The first kappa shape index (κ1) is 20.9. The number of aromatic amines is 1. The van der Waals surface area contributed by atoms with Gasteiger partial charge in [0.2, 0.25) is 0 Å². The van der Waals surface area contributed by atoms with Crippen LogP contribution in [0.4, 0.5) is 0 Å². The number of amides is 1. The van der Waals surface area contributed by atoms with E-state index in [0.717, 1.165) is 27.0 Å². The molecule has 0 unspecified atom stereocenters. The minimum Gasteiger partial charge on any atom is -0.486 e. The standard InChI is InChI=1S/C23H23BrN2O3/c1-14-11-15(2)26-23(28)21(14)13-25-22(27)18-9-7-17(8-10-18)16(3)29-20-6-4-5-19(24)12-20/h4-12,16H,13H2,1-3H3,(H,25,27)(H,26,28)/t16-/m0/s1. The van der Waals surface area contributed by atoms with E-state index in [0.29, 0.717) is 11.1 Å². The fraction of sp³-hybridized carbons (Fsp3) is 0.217. The number of hydrogen-bond donors (Lipinski definition) is 2. The van der Waals surface area contributed by atoms with Crippen LogP contribution in [0.2, 0.25) is 0 Å². The maximum absolute atomic E-state index is 12.5. The van der Waals surface area contributed by atoms with Gasteiger partial charge in [-0.2, -0.15) is 0 Å². The Morgan fingerprint density at radius 1 is 1.14 bits per heavy atom. The molecule has 3 aromatic rings. The minimum absolute atomic E-state index is 0.157. The quantitative estimate of drug-likeness (QED) is 0.560. The number of hydrogen-bond acceptors (Lipinski definition) is 3. The highest BCUT2D eigenvalue weighted by Gasteiger charge is 2.12. The third-order valence-electron chi connectivity index (χ3n) is 4.67. The van der Waals surface area contributed by atoms with E-state index in [9.17, 15) is 9.59 Å². The average Bonchev–Trinajstić information content (AvgIpc) is 2.67. The van der Waals surface area contributed by atoms with Crippen molar-refractivity contribution in [2.24, 2.45) is 0 Å². The Bertz CT molecular complexity index is 1070. The van der Waals surface area contributed by atoms with Gasteiger partial charge in [0.25, 0.3) is 11.5 Å². The van der Waals surface area contributed by atoms with Crippen molar-refractivity contribution in [1.82, 2.24) is 10.3 Å². The van der Waals surface area contributed by atoms with Crippen molar-refractivity contribution in [2.45, 2.75) is 33.4 Å². The van der Waals surface area contributed by atoms with Gasteiger partial charge in [0.1, 0.15) is 11.9 Å². The summed E-state index contributed by atoms with van der Waals surface area (Å²) in [5, 5.41) is 2.82. The van der Waals surface area contributed by atoms with Crippen molar-refractivity contribution in [1.29, 1.82) is 0 Å². The van der Waals surface area contributed by atoms with E-state index in [1.807, 2.05) is 63.2 Å². The van der Waals surface area contributed by atoms with Crippen LogP contribution in [0.1, 0.15) is 45.8 Å². The van der Waals surface area contributed by atoms with E-state index in [1.165, 1.54) is 0 Å². The van der Waals surface area contributed by atoms with Crippen molar-refractivity contribution in [3.8, 4) is 5.75 Å². The highest BCUT2D eigenvalue weighted by atomic mass is 79.9. The Morgan fingerprint density at radius 2 is 1.86 bits per heavy atom. The topological polar surface area (TPSA) is 71.2 Å². The molecule has 0 bridgehead atoms. The van der Waals surface area contributed by atoms with E-state index in [1.54, 1.807) is 12.1 Å². The monoisotopic (exact) mass is 454 g/mol. The van der Waals surface area contributed by atoms with Crippen LogP contribution in [-0.4, -0.2) is 10.9 Å². The number of aryl methyl sites for hydroxylation is 2. The number of nitrogens with one attached hydrogen (secondary N) is 2. The molecule has 1 aromatic heterocycles. The molecule has 1 atom stereocenters. The largest absolute Gasteiger partial charge is 0.486 e. The molecule has 29 heavy (non-hydrogen) atoms. The minimum atomic E-state index is -0.225. The molecule has 0 radical (unpaired) electrons. The van der Waals surface area contributed by atoms with Gasteiger partial charge in [-0.1, -0.05) is 34.1 Å². The molecule has 0 saturated carbocycles. The maximum Gasteiger partial charge on any atom is 0.253 e. The first-order valence-corrected chi connectivity index (χ1v) is 10.1. The predicted molar refractivity (Wildman–Crippen MR) is 117 cm³/mol. The number of aromatic nitrogens is 1. The Balaban J connectivity index is 1.63. The number of carbonyl (C=O) groups excluding carboxylic acids is 1. The molecule has 3 rings (SSSR count). The van der Waals surface area contributed by atoms with E-state index in [2.05, 4.69) is 26.2 Å². The molecule has 2 N–H and O–H groups in total. The molecule has 6 heteroatoms. The normalized spacial score (nSPS) is 11.7. The molecule has 0 aliphatic heterocycles. The van der Waals surface area contributed by atoms with Gasteiger partial charge in [-0.15, -0.1) is 0 Å². The number of H-pyrrole nitrogens is 1. The van der Waals surface area contributed by atoms with Crippen LogP contribution in [0.15, 0.2) is 63.9 Å². The predicted octanol–water partition coefficient (Wildman–Crippen LogP) is 4.82. The second kappa shape index (κ2) is 9.09. The summed E-state index contributed by atoms with van der Waals surface area (Å²) >= 11 is 3.43. The first-order chi connectivity index (χ1) is 13.8. The fourth-order valence-corrected chi connectivity index (χ4v) is 3.47. The van der Waals surface area contributed by atoms with Crippen molar-refractivity contribution in [3.05, 3.63) is 97.4 Å². The van der Waals surface area contributed by atoms with E-state index in [-0.39, 0.29) is 24.1 Å². The molecular formula is C23H23BrN2O3. The maximum atomic E-state index is 12.5. The van der Waals surface area contributed by atoms with Gasteiger partial charge in [0.05, 0.1) is 0 Å². The summed E-state index contributed by atoms with van der Waals surface area (Å²) in [7, 11) is 0. The van der Waals surface area contributed by atoms with Gasteiger partial charge < -0.3 is 15.0 Å². The third kappa shape index (κ3) is 5.35. The smallest absolute Gasteiger partial charge is 0.253 e. The zero-order chi connectivity index (χ0) is 21.0. The number of rotatable bonds is 6. The highest BCUT2D eigenvalue weighted by molar-refractivity contribution is 9.10. The Hall–Kier alpha value is -2.86. The molecule has 0 fully saturated rings. The van der Waals surface area contributed by atoms with Crippen molar-refractivity contribution < 1.29 is 9.53 Å². The van der Waals surface area contributed by atoms with Crippen LogP contribution < -0.4 is 15.6 Å². The van der Waals surface area contributed by atoms with Gasteiger partial charge in [-0.25, -0.2) is 0 Å². The lowest BCUT2D eigenvalue weighted by atomic mass is 10.1. The van der Waals surface area contributed by atoms with Gasteiger partial charge in [0, 0.05) is 27.8 Å². The summed E-state index contributed by atoms with van der Waals surface area (Å²) in [5.41, 5.74) is 3.56. The number of pyridine rings is 1. The van der Waals surface area contributed by atoms with Crippen LogP contribution in [-0.2, 0) is 6.54 Å². The van der Waals surface area contributed by atoms with Gasteiger partial charge in [-0.3, -0.25) is 9.59 Å². The van der Waals surface area contributed by atoms with E-state index >= 15 is 0 Å². The van der Waals surface area contributed by atoms with Crippen LogP contribution >= 0.6 is 15.9 Å². The average molecular weight is 455 g/mol. The van der Waals surface area contributed by atoms with Crippen LogP contribution in [0, 0.1) is 13.8 Å². The molecular weight excluding hydrogens is 432 g/mol. The second-order valence-electron chi connectivity index (χ2n) is 6.97. The molecule has 1 heterocycles. The SMILES string of the molecule is Cc1cc(C)c(CNC(=O)c2ccc([C@H](C)Oc3cccc(Br)c3)cc2)c(=O)[nH]1. The van der Waals surface area contributed by atoms with Crippen LogP contribution in [0.5, 0.6) is 5.75 Å². The van der Waals surface area contributed by atoms with Gasteiger partial charge in [0.15, 0.2) is 0 Å². The molecule has 2 aromatic carbocycles. The van der Waals surface area contributed by atoms with Crippen molar-refractivity contribution in [2.75, 3.05) is 0 Å². The van der Waals surface area contributed by atoms with E-state index < -0.39 is 0 Å². The molecule has 1 amide bonds. The summed E-state index contributed by atoms with van der Waals surface area (Å²) in [6.45, 7) is 5.84. The molecule has 150 valence electrons. The van der Waals surface area contributed by atoms with Crippen LogP contribution in [0.25, 0.3) is 0 Å². The van der Waals surface area contributed by atoms with Crippen LogP contribution in [0.3, 0.4) is 0 Å². The number of ether oxygens (including phenoxy) is 1. The summed E-state index contributed by atoms with van der Waals surface area (Å²) in [4.78, 5) is 27.3. The zero-order valence-corrected chi connectivity index (χ0v) is 18.2.